The van der Waals surface area contributed by atoms with E-state index in [2.05, 4.69) is 74.7 Å². The van der Waals surface area contributed by atoms with Crippen LogP contribution in [0.4, 0.5) is 0 Å². The van der Waals surface area contributed by atoms with Gasteiger partial charge in [-0.1, -0.05) is 345 Å². The number of hydrogen-bond donors (Lipinski definition) is 6. The Hall–Kier alpha value is -2.64. The number of hydrogen-bond acceptors (Lipinski definition) is 10. The summed E-state index contributed by atoms with van der Waals surface area (Å²) in [7, 11) is 0. The average Bonchev–Trinajstić information content (AvgIpc) is 0.881. The second kappa shape index (κ2) is 68.3. The third-order valence-electron chi connectivity index (χ3n) is 18.6. The molecule has 0 bridgehead atoms. The van der Waals surface area contributed by atoms with Crippen LogP contribution in [0.3, 0.4) is 0 Å². The highest BCUT2D eigenvalue weighted by Gasteiger charge is 2.47. The fraction of sp³-hybridized carbons (Fsp3) is 0.852. The molecular formula is C81H149NO10. The summed E-state index contributed by atoms with van der Waals surface area (Å²) in [6.45, 7) is 5.82. The van der Waals surface area contributed by atoms with E-state index in [4.69, 9.17) is 14.2 Å². The molecule has 1 saturated heterocycles. The highest BCUT2D eigenvalue weighted by Crippen LogP contribution is 2.27. The Bertz CT molecular complexity index is 1730. The van der Waals surface area contributed by atoms with E-state index >= 15 is 0 Å². The molecule has 1 amide bonds. The lowest BCUT2D eigenvalue weighted by Gasteiger charge is -2.41. The van der Waals surface area contributed by atoms with Crippen LogP contribution in [-0.4, -0.2) is 99.6 Å². The van der Waals surface area contributed by atoms with E-state index in [1.54, 1.807) is 6.08 Å². The first-order valence-corrected chi connectivity index (χ1v) is 39.6. The van der Waals surface area contributed by atoms with Crippen molar-refractivity contribution in [3.05, 3.63) is 60.8 Å². The molecule has 1 aliphatic heterocycles. The van der Waals surface area contributed by atoms with Gasteiger partial charge < -0.3 is 45.1 Å². The van der Waals surface area contributed by atoms with Crippen molar-refractivity contribution in [2.45, 2.75) is 429 Å². The Labute approximate surface area is 567 Å². The Kier molecular flexibility index (Phi) is 64.9. The van der Waals surface area contributed by atoms with E-state index in [1.165, 1.54) is 263 Å². The van der Waals surface area contributed by atoms with Crippen molar-refractivity contribution in [1.29, 1.82) is 0 Å². The molecule has 1 rings (SSSR count). The van der Waals surface area contributed by atoms with E-state index in [0.29, 0.717) is 19.3 Å². The molecule has 1 heterocycles. The number of amides is 1. The smallest absolute Gasteiger partial charge is 0.306 e. The molecule has 0 radical (unpaired) electrons. The molecule has 92 heavy (non-hydrogen) atoms. The van der Waals surface area contributed by atoms with Crippen molar-refractivity contribution in [2.24, 2.45) is 0 Å². The molecule has 0 aromatic heterocycles. The van der Waals surface area contributed by atoms with Gasteiger partial charge in [0.1, 0.15) is 24.4 Å². The summed E-state index contributed by atoms with van der Waals surface area (Å²) in [6, 6.07) is -1.03. The normalized spacial score (nSPS) is 18.2. The molecule has 1 fully saturated rings. The molecule has 0 aromatic rings. The van der Waals surface area contributed by atoms with Crippen LogP contribution in [0.15, 0.2) is 60.8 Å². The van der Waals surface area contributed by atoms with Crippen molar-refractivity contribution < 1.29 is 49.3 Å². The maximum absolute atomic E-state index is 13.5. The van der Waals surface area contributed by atoms with Crippen LogP contribution >= 0.6 is 0 Å². The number of carbonyl (C=O) groups is 2. The lowest BCUT2D eigenvalue weighted by atomic mass is 9.99. The van der Waals surface area contributed by atoms with E-state index in [-0.39, 0.29) is 13.0 Å². The zero-order valence-corrected chi connectivity index (χ0v) is 60.2. The van der Waals surface area contributed by atoms with Crippen LogP contribution in [-0.2, 0) is 23.8 Å². The Balaban J connectivity index is 2.49. The van der Waals surface area contributed by atoms with Crippen LogP contribution in [0, 0.1) is 0 Å². The molecule has 6 N–H and O–H groups in total. The standard InChI is InChI=1S/C81H149NO10/c1-4-7-10-13-16-19-22-25-27-29-31-33-35-37-39-40-42-44-46-48-50-53-56-59-62-65-68-74(85)80(89)82-72(73(84)67-64-61-58-55-52-24-21-18-15-12-9-6-3)71-90-81-79(78(88)77(87)75(70-83)91-81)92-76(86)69-66-63-60-57-54-51-49-47-45-43-41-38-36-34-32-30-28-26-23-20-17-14-11-8-5-2/h16,19,25-28,31,33,64,67,72-75,77-79,81,83-85,87-88H,4-15,17-18,20-24,29-30,32,34-63,65-66,68-71H2,1-3H3,(H,82,89)/b19-16-,27-25-,28-26+,33-31-,67-64+. The largest absolute Gasteiger partial charge is 0.454 e. The SMILES string of the molecule is CCCCC/C=C\C/C=C\C/C=C\CCCCCCCCCCCCCCCC(O)C(=O)NC(COC1OC(CO)C(O)C(O)C1OC(=O)CCCCCCCCCCCCCCCCC/C=C/CCCCCCCC)C(O)/C=C/CCCCCCCCCCCC. The van der Waals surface area contributed by atoms with Gasteiger partial charge in [0.05, 0.1) is 25.4 Å². The van der Waals surface area contributed by atoms with E-state index in [0.717, 1.165) is 70.6 Å². The number of ether oxygens (including phenoxy) is 3. The van der Waals surface area contributed by atoms with Crippen LogP contribution in [0.1, 0.15) is 380 Å². The van der Waals surface area contributed by atoms with E-state index in [1.807, 2.05) is 6.08 Å². The molecule has 0 aromatic carbocycles. The number of aliphatic hydroxyl groups is 5. The first-order valence-electron chi connectivity index (χ1n) is 39.6. The van der Waals surface area contributed by atoms with Crippen LogP contribution < -0.4 is 5.32 Å². The summed E-state index contributed by atoms with van der Waals surface area (Å²) in [4.78, 5) is 26.8. The van der Waals surface area contributed by atoms with Crippen LogP contribution in [0.25, 0.3) is 0 Å². The second-order valence-corrected chi connectivity index (χ2v) is 27.4. The van der Waals surface area contributed by atoms with Crippen LogP contribution in [0.5, 0.6) is 0 Å². The summed E-state index contributed by atoms with van der Waals surface area (Å²) in [5.74, 6) is -1.18. The zero-order valence-electron chi connectivity index (χ0n) is 60.2. The highest BCUT2D eigenvalue weighted by atomic mass is 16.7. The number of nitrogens with one attached hydrogen (secondary N) is 1. The molecule has 0 aliphatic carbocycles. The fourth-order valence-electron chi connectivity index (χ4n) is 12.4. The summed E-state index contributed by atoms with van der Waals surface area (Å²) in [5, 5.41) is 57.4. The van der Waals surface area contributed by atoms with Gasteiger partial charge in [0.25, 0.3) is 0 Å². The molecule has 8 unspecified atom stereocenters. The van der Waals surface area contributed by atoms with Gasteiger partial charge in [0.2, 0.25) is 5.91 Å². The summed E-state index contributed by atoms with van der Waals surface area (Å²) in [5.41, 5.74) is 0. The Morgan fingerprint density at radius 2 is 0.750 bits per heavy atom. The number of rotatable bonds is 69. The first-order chi connectivity index (χ1) is 45.2. The van der Waals surface area contributed by atoms with Crippen molar-refractivity contribution >= 4 is 11.9 Å². The second-order valence-electron chi connectivity index (χ2n) is 27.4. The van der Waals surface area contributed by atoms with Gasteiger partial charge in [0, 0.05) is 6.42 Å². The molecule has 11 heteroatoms. The van der Waals surface area contributed by atoms with Crippen molar-refractivity contribution in [1.82, 2.24) is 5.32 Å². The molecule has 0 saturated carbocycles. The van der Waals surface area contributed by atoms with Gasteiger partial charge in [-0.15, -0.1) is 0 Å². The van der Waals surface area contributed by atoms with Gasteiger partial charge in [-0.2, -0.15) is 0 Å². The Morgan fingerprint density at radius 3 is 1.15 bits per heavy atom. The topological polar surface area (TPSA) is 175 Å². The fourth-order valence-corrected chi connectivity index (χ4v) is 12.4. The maximum Gasteiger partial charge on any atom is 0.306 e. The minimum Gasteiger partial charge on any atom is -0.454 e. The number of esters is 1. The molecule has 0 spiro atoms. The monoisotopic (exact) mass is 1300 g/mol. The molecule has 1 aliphatic rings. The van der Waals surface area contributed by atoms with Gasteiger partial charge in [-0.05, 0) is 89.9 Å². The van der Waals surface area contributed by atoms with Crippen LogP contribution in [0.2, 0.25) is 0 Å². The first kappa shape index (κ1) is 87.4. The van der Waals surface area contributed by atoms with Crippen molar-refractivity contribution in [3.63, 3.8) is 0 Å². The van der Waals surface area contributed by atoms with Crippen molar-refractivity contribution in [3.8, 4) is 0 Å². The zero-order chi connectivity index (χ0) is 66.7. The third-order valence-corrected chi connectivity index (χ3v) is 18.6. The quantitative estimate of drug-likeness (QED) is 0.0195. The number of unbranched alkanes of at least 4 members (excludes halogenated alkanes) is 47. The van der Waals surface area contributed by atoms with E-state index < -0.39 is 67.4 Å². The number of allylic oxidation sites excluding steroid dienone is 9. The summed E-state index contributed by atoms with van der Waals surface area (Å²) in [6.07, 6.45) is 78.4. The minimum absolute atomic E-state index is 0.126. The summed E-state index contributed by atoms with van der Waals surface area (Å²) < 4.78 is 17.8. The predicted molar refractivity (Wildman–Crippen MR) is 389 cm³/mol. The average molecular weight is 1300 g/mol. The molecule has 11 nitrogen and oxygen atoms in total. The van der Waals surface area contributed by atoms with Gasteiger partial charge in [0.15, 0.2) is 12.4 Å². The van der Waals surface area contributed by atoms with Crippen molar-refractivity contribution in [2.75, 3.05) is 13.2 Å². The minimum atomic E-state index is -1.61. The maximum atomic E-state index is 13.5. The van der Waals surface area contributed by atoms with Gasteiger partial charge in [-0.25, -0.2) is 0 Å². The third kappa shape index (κ3) is 54.5. The van der Waals surface area contributed by atoms with Gasteiger partial charge >= 0.3 is 5.97 Å². The number of aliphatic hydroxyl groups excluding tert-OH is 5. The Morgan fingerprint density at radius 1 is 0.424 bits per heavy atom. The highest BCUT2D eigenvalue weighted by molar-refractivity contribution is 5.80. The summed E-state index contributed by atoms with van der Waals surface area (Å²) >= 11 is 0. The predicted octanol–water partition coefficient (Wildman–Crippen LogP) is 21.2. The molecule has 8 atom stereocenters. The lowest BCUT2D eigenvalue weighted by Crippen LogP contribution is -2.61. The van der Waals surface area contributed by atoms with E-state index in [9.17, 15) is 35.1 Å². The van der Waals surface area contributed by atoms with Gasteiger partial charge in [-0.3, -0.25) is 9.59 Å². The molecular weight excluding hydrogens is 1150 g/mol. The lowest BCUT2D eigenvalue weighted by molar-refractivity contribution is -0.305. The molecule has 538 valence electrons. The number of carbonyl (C=O) groups excluding carboxylic acids is 2.